The molecule has 0 saturated heterocycles. The van der Waals surface area contributed by atoms with E-state index in [2.05, 4.69) is 37.3 Å². The van der Waals surface area contributed by atoms with Crippen LogP contribution in [0.2, 0.25) is 6.04 Å². The Morgan fingerprint density at radius 1 is 1.06 bits per heavy atom. The summed E-state index contributed by atoms with van der Waals surface area (Å²) in [5.74, 6) is 0. The lowest BCUT2D eigenvalue weighted by atomic mass is 10.1. The first-order valence-electron chi connectivity index (χ1n) is 6.55. The molecule has 0 aliphatic carbocycles. The molecule has 0 N–H and O–H groups in total. The highest BCUT2D eigenvalue weighted by Crippen LogP contribution is 2.04. The van der Waals surface area contributed by atoms with Crippen LogP contribution >= 0.6 is 0 Å². The Morgan fingerprint density at radius 3 is 2.62 bits per heavy atom. The van der Waals surface area contributed by atoms with Gasteiger partial charge in [-0.15, -0.1) is 0 Å². The summed E-state index contributed by atoms with van der Waals surface area (Å²) >= 11 is 0. The number of aryl methyl sites for hydroxylation is 1. The molecule has 0 aliphatic heterocycles. The van der Waals surface area contributed by atoms with E-state index in [-0.39, 0.29) is 9.76 Å². The highest BCUT2D eigenvalue weighted by molar-refractivity contribution is 6.26. The summed E-state index contributed by atoms with van der Waals surface area (Å²) < 4.78 is 5.71. The summed E-state index contributed by atoms with van der Waals surface area (Å²) in [7, 11) is -0.190. The minimum atomic E-state index is -0.190. The van der Waals surface area contributed by atoms with E-state index in [0.717, 1.165) is 6.61 Å². The van der Waals surface area contributed by atoms with Crippen LogP contribution in [0.25, 0.3) is 0 Å². The maximum Gasteiger partial charge on any atom is 0.161 e. The fraction of sp³-hybridized carbons (Fsp3) is 0.571. The summed E-state index contributed by atoms with van der Waals surface area (Å²) in [5.41, 5.74) is 1.45. The second kappa shape index (κ2) is 9.61. The third kappa shape index (κ3) is 6.80. The number of rotatable bonds is 9. The van der Waals surface area contributed by atoms with Crippen molar-refractivity contribution >= 4 is 9.76 Å². The van der Waals surface area contributed by atoms with Crippen molar-refractivity contribution in [1.82, 2.24) is 0 Å². The van der Waals surface area contributed by atoms with Gasteiger partial charge in [-0.05, 0) is 30.9 Å². The van der Waals surface area contributed by atoms with Gasteiger partial charge in [0.25, 0.3) is 0 Å². The highest BCUT2D eigenvalue weighted by Gasteiger charge is 1.93. The van der Waals surface area contributed by atoms with E-state index in [1.807, 2.05) is 0 Å². The van der Waals surface area contributed by atoms with Crippen molar-refractivity contribution in [3.8, 4) is 0 Å². The Balaban J connectivity index is 1.89. The minimum absolute atomic E-state index is 0.190. The molecule has 0 aliphatic rings. The first-order chi connectivity index (χ1) is 7.93. The SMILES string of the molecule is CCCC[SiH2]OCCCCc1ccccc1. The van der Waals surface area contributed by atoms with Gasteiger partial charge in [-0.3, -0.25) is 0 Å². The summed E-state index contributed by atoms with van der Waals surface area (Å²) in [6.07, 6.45) is 6.33. The highest BCUT2D eigenvalue weighted by atomic mass is 28.2. The average molecular weight is 236 g/mol. The summed E-state index contributed by atoms with van der Waals surface area (Å²) in [5, 5.41) is 0. The van der Waals surface area contributed by atoms with Crippen LogP contribution in [0, 0.1) is 0 Å². The molecule has 1 aromatic carbocycles. The predicted octanol–water partition coefficient (Wildman–Crippen LogP) is 3.33. The van der Waals surface area contributed by atoms with Crippen molar-refractivity contribution in [2.75, 3.05) is 6.61 Å². The molecule has 1 aromatic rings. The van der Waals surface area contributed by atoms with Crippen LogP contribution in [0.3, 0.4) is 0 Å². The lowest BCUT2D eigenvalue weighted by molar-refractivity contribution is 0.322. The van der Waals surface area contributed by atoms with Gasteiger partial charge in [0.05, 0.1) is 0 Å². The minimum Gasteiger partial charge on any atom is -0.424 e. The monoisotopic (exact) mass is 236 g/mol. The molecule has 1 nitrogen and oxygen atoms in total. The smallest absolute Gasteiger partial charge is 0.161 e. The molecule has 0 atom stereocenters. The second-order valence-electron chi connectivity index (χ2n) is 4.26. The maximum atomic E-state index is 5.71. The van der Waals surface area contributed by atoms with Crippen LogP contribution in [0.5, 0.6) is 0 Å². The van der Waals surface area contributed by atoms with Crippen molar-refractivity contribution in [3.63, 3.8) is 0 Å². The molecule has 1 rings (SSSR count). The van der Waals surface area contributed by atoms with Crippen molar-refractivity contribution < 1.29 is 4.43 Å². The van der Waals surface area contributed by atoms with Crippen LogP contribution in [-0.4, -0.2) is 16.4 Å². The maximum absolute atomic E-state index is 5.71. The zero-order chi connectivity index (χ0) is 11.5. The third-order valence-corrected chi connectivity index (χ3v) is 4.11. The molecular formula is C14H24OSi. The van der Waals surface area contributed by atoms with Gasteiger partial charge < -0.3 is 4.43 Å². The van der Waals surface area contributed by atoms with Gasteiger partial charge in [0.2, 0.25) is 0 Å². The largest absolute Gasteiger partial charge is 0.424 e. The summed E-state index contributed by atoms with van der Waals surface area (Å²) in [4.78, 5) is 0. The van der Waals surface area contributed by atoms with E-state index in [1.165, 1.54) is 43.7 Å². The molecule has 0 bridgehead atoms. The van der Waals surface area contributed by atoms with Crippen LogP contribution in [0.4, 0.5) is 0 Å². The third-order valence-electron chi connectivity index (χ3n) is 2.74. The number of unbranched alkanes of at least 4 members (excludes halogenated alkanes) is 2. The zero-order valence-corrected chi connectivity index (χ0v) is 11.9. The molecule has 2 heteroatoms. The molecule has 90 valence electrons. The Labute approximate surface area is 102 Å². The van der Waals surface area contributed by atoms with Gasteiger partial charge in [-0.25, -0.2) is 0 Å². The van der Waals surface area contributed by atoms with E-state index in [4.69, 9.17) is 4.43 Å². The Bertz CT molecular complexity index is 248. The predicted molar refractivity (Wildman–Crippen MR) is 73.6 cm³/mol. The number of hydrogen-bond acceptors (Lipinski definition) is 1. The van der Waals surface area contributed by atoms with Gasteiger partial charge in [0, 0.05) is 6.61 Å². The fourth-order valence-electron chi connectivity index (χ4n) is 1.73. The first-order valence-corrected chi connectivity index (χ1v) is 8.13. The van der Waals surface area contributed by atoms with E-state index in [9.17, 15) is 0 Å². The molecule has 0 heterocycles. The van der Waals surface area contributed by atoms with E-state index < -0.39 is 0 Å². The van der Waals surface area contributed by atoms with Gasteiger partial charge in [0.15, 0.2) is 9.76 Å². The second-order valence-corrected chi connectivity index (χ2v) is 5.79. The standard InChI is InChI=1S/C14H24OSi/c1-2-3-13-16-15-12-8-7-11-14-9-5-4-6-10-14/h4-6,9-10H,2-3,7-8,11-13,16H2,1H3. The molecule has 0 unspecified atom stereocenters. The molecular weight excluding hydrogens is 212 g/mol. The molecule has 0 aromatic heterocycles. The van der Waals surface area contributed by atoms with Crippen molar-refractivity contribution in [2.24, 2.45) is 0 Å². The van der Waals surface area contributed by atoms with E-state index >= 15 is 0 Å². The summed E-state index contributed by atoms with van der Waals surface area (Å²) in [6.45, 7) is 3.23. The van der Waals surface area contributed by atoms with Crippen molar-refractivity contribution in [1.29, 1.82) is 0 Å². The number of hydrogen-bond donors (Lipinski definition) is 0. The lowest BCUT2D eigenvalue weighted by Crippen LogP contribution is -2.00. The van der Waals surface area contributed by atoms with E-state index in [0.29, 0.717) is 0 Å². The molecule has 0 radical (unpaired) electrons. The van der Waals surface area contributed by atoms with Gasteiger partial charge in [-0.2, -0.15) is 0 Å². The van der Waals surface area contributed by atoms with Crippen LogP contribution in [0.1, 0.15) is 38.2 Å². The van der Waals surface area contributed by atoms with Gasteiger partial charge in [0.1, 0.15) is 0 Å². The molecule has 0 fully saturated rings. The normalized spacial score (nSPS) is 11.3. The number of benzene rings is 1. The van der Waals surface area contributed by atoms with Gasteiger partial charge >= 0.3 is 0 Å². The molecule has 0 amide bonds. The van der Waals surface area contributed by atoms with E-state index in [1.54, 1.807) is 0 Å². The zero-order valence-electron chi connectivity index (χ0n) is 10.5. The lowest BCUT2D eigenvalue weighted by Gasteiger charge is -2.03. The van der Waals surface area contributed by atoms with Crippen molar-refractivity contribution in [2.45, 2.75) is 45.1 Å². The quantitative estimate of drug-likeness (QED) is 0.472. The average Bonchev–Trinajstić information content (AvgIpc) is 2.34. The first kappa shape index (κ1) is 13.5. The van der Waals surface area contributed by atoms with Crippen LogP contribution < -0.4 is 0 Å². The fourth-order valence-corrected chi connectivity index (χ4v) is 3.05. The Hall–Kier alpha value is -0.603. The van der Waals surface area contributed by atoms with Crippen LogP contribution in [-0.2, 0) is 10.8 Å². The molecule has 16 heavy (non-hydrogen) atoms. The van der Waals surface area contributed by atoms with Gasteiger partial charge in [-0.1, -0.05) is 50.1 Å². The van der Waals surface area contributed by atoms with Crippen molar-refractivity contribution in [3.05, 3.63) is 35.9 Å². The Kier molecular flexibility index (Phi) is 8.09. The topological polar surface area (TPSA) is 9.23 Å². The Morgan fingerprint density at radius 2 is 1.88 bits per heavy atom. The van der Waals surface area contributed by atoms with Crippen LogP contribution in [0.15, 0.2) is 30.3 Å². The molecule has 0 saturated carbocycles. The summed E-state index contributed by atoms with van der Waals surface area (Å²) in [6, 6.07) is 12.1. The molecule has 0 spiro atoms.